The van der Waals surface area contributed by atoms with Gasteiger partial charge in [-0.05, 0) is 28.9 Å². The molecule has 3 aromatic carbocycles. The normalized spacial score (nSPS) is 15.3. The van der Waals surface area contributed by atoms with Crippen molar-refractivity contribution in [3.8, 4) is 0 Å². The first kappa shape index (κ1) is 23.1. The van der Waals surface area contributed by atoms with Crippen LogP contribution < -0.4 is 0 Å². The Morgan fingerprint density at radius 3 is 1.79 bits per heavy atom. The quantitative estimate of drug-likeness (QED) is 0.472. The van der Waals surface area contributed by atoms with Gasteiger partial charge >= 0.3 is 0 Å². The fourth-order valence-electron chi connectivity index (χ4n) is 4.50. The molecule has 0 aliphatic carbocycles. The van der Waals surface area contributed by atoms with Crippen molar-refractivity contribution < 1.29 is 9.53 Å². The van der Waals surface area contributed by atoms with E-state index in [1.165, 1.54) is 11.1 Å². The predicted molar refractivity (Wildman–Crippen MR) is 136 cm³/mol. The van der Waals surface area contributed by atoms with Gasteiger partial charge in [0.15, 0.2) is 11.2 Å². The van der Waals surface area contributed by atoms with Gasteiger partial charge < -0.3 is 9.64 Å². The monoisotopic (exact) mass is 458 g/mol. The zero-order valence-electron chi connectivity index (χ0n) is 19.0. The van der Waals surface area contributed by atoms with Crippen LogP contribution in [-0.4, -0.2) is 53.0 Å². The second-order valence-electron chi connectivity index (χ2n) is 8.37. The standard InChI is InChI=1S/C28H30N2O2S/c1-22(33)32-26(21-23-11-5-2-6-12-23)28(31)30-19-17-29(18-20-30)27(24-13-7-3-8-14-24)25-15-9-4-10-16-25/h2-16,26-27H,17-21H2,1H3. The first-order valence-corrected chi connectivity index (χ1v) is 11.9. The minimum absolute atomic E-state index is 0.0127. The van der Waals surface area contributed by atoms with Gasteiger partial charge in [0.1, 0.15) is 0 Å². The fourth-order valence-corrected chi connectivity index (χ4v) is 4.61. The SMILES string of the molecule is CC(=S)OC(Cc1ccccc1)C(=O)N1CCN(C(c2ccccc2)c2ccccc2)CC1. The Labute approximate surface area is 201 Å². The molecule has 1 atom stereocenters. The van der Waals surface area contributed by atoms with Gasteiger partial charge in [0, 0.05) is 39.5 Å². The van der Waals surface area contributed by atoms with Gasteiger partial charge in [0.25, 0.3) is 5.91 Å². The third kappa shape index (κ3) is 6.06. The minimum Gasteiger partial charge on any atom is -0.474 e. The van der Waals surface area contributed by atoms with E-state index in [4.69, 9.17) is 17.0 Å². The Kier molecular flexibility index (Phi) is 7.87. The lowest BCUT2D eigenvalue weighted by atomic mass is 9.96. The molecule has 0 saturated carbocycles. The van der Waals surface area contributed by atoms with Crippen LogP contribution in [0.1, 0.15) is 29.7 Å². The molecule has 1 saturated heterocycles. The molecule has 1 aliphatic rings. The molecule has 1 unspecified atom stereocenters. The summed E-state index contributed by atoms with van der Waals surface area (Å²) in [6.07, 6.45) is -0.0691. The maximum atomic E-state index is 13.4. The Bertz CT molecular complexity index is 996. The van der Waals surface area contributed by atoms with Gasteiger partial charge in [-0.15, -0.1) is 0 Å². The number of hydrogen-bond acceptors (Lipinski definition) is 4. The third-order valence-corrected chi connectivity index (χ3v) is 6.17. The van der Waals surface area contributed by atoms with E-state index in [0.29, 0.717) is 24.6 Å². The van der Waals surface area contributed by atoms with Gasteiger partial charge in [-0.2, -0.15) is 0 Å². The average Bonchev–Trinajstić information content (AvgIpc) is 2.85. The number of carbonyl (C=O) groups is 1. The lowest BCUT2D eigenvalue weighted by Gasteiger charge is -2.40. The van der Waals surface area contributed by atoms with E-state index in [9.17, 15) is 4.79 Å². The molecule has 170 valence electrons. The Morgan fingerprint density at radius 2 is 1.30 bits per heavy atom. The van der Waals surface area contributed by atoms with Gasteiger partial charge in [-0.25, -0.2) is 0 Å². The molecule has 0 N–H and O–H groups in total. The summed E-state index contributed by atoms with van der Waals surface area (Å²) in [6.45, 7) is 4.66. The first-order chi connectivity index (χ1) is 16.1. The van der Waals surface area contributed by atoms with E-state index in [-0.39, 0.29) is 11.9 Å². The summed E-state index contributed by atoms with van der Waals surface area (Å²) in [7, 11) is 0. The molecule has 4 nitrogen and oxygen atoms in total. The smallest absolute Gasteiger partial charge is 0.264 e. The molecule has 1 heterocycles. The van der Waals surface area contributed by atoms with E-state index < -0.39 is 6.10 Å². The van der Waals surface area contributed by atoms with Crippen LogP contribution in [0.3, 0.4) is 0 Å². The Morgan fingerprint density at radius 1 is 0.818 bits per heavy atom. The minimum atomic E-state index is -0.588. The number of thiocarbonyl (C=S) groups is 1. The molecule has 1 amide bonds. The number of carbonyl (C=O) groups excluding carboxylic acids is 1. The van der Waals surface area contributed by atoms with Crippen molar-refractivity contribution in [2.24, 2.45) is 0 Å². The molecular weight excluding hydrogens is 428 g/mol. The van der Waals surface area contributed by atoms with Crippen molar-refractivity contribution in [2.75, 3.05) is 26.2 Å². The first-order valence-electron chi connectivity index (χ1n) is 11.5. The van der Waals surface area contributed by atoms with E-state index in [1.807, 2.05) is 47.4 Å². The molecule has 0 spiro atoms. The molecule has 1 fully saturated rings. The number of nitrogens with zero attached hydrogens (tertiary/aromatic N) is 2. The van der Waals surface area contributed by atoms with E-state index in [0.717, 1.165) is 18.7 Å². The zero-order valence-corrected chi connectivity index (χ0v) is 19.8. The summed E-state index contributed by atoms with van der Waals surface area (Å²) >= 11 is 5.17. The van der Waals surface area contributed by atoms with Crippen LogP contribution in [-0.2, 0) is 16.0 Å². The van der Waals surface area contributed by atoms with Crippen LogP contribution in [0.25, 0.3) is 0 Å². The summed E-state index contributed by atoms with van der Waals surface area (Å²) in [5, 5.41) is 0.399. The van der Waals surface area contributed by atoms with Crippen LogP contribution >= 0.6 is 12.2 Å². The number of rotatable bonds is 7. The summed E-state index contributed by atoms with van der Waals surface area (Å²) < 4.78 is 5.81. The number of amides is 1. The molecule has 1 aliphatic heterocycles. The maximum absolute atomic E-state index is 13.4. The maximum Gasteiger partial charge on any atom is 0.264 e. The molecule has 5 heteroatoms. The molecule has 0 radical (unpaired) electrons. The largest absolute Gasteiger partial charge is 0.474 e. The topological polar surface area (TPSA) is 32.8 Å². The van der Waals surface area contributed by atoms with Crippen LogP contribution in [0.15, 0.2) is 91.0 Å². The highest BCUT2D eigenvalue weighted by atomic mass is 32.1. The number of piperazine rings is 1. The highest BCUT2D eigenvalue weighted by Gasteiger charge is 2.32. The summed E-state index contributed by atoms with van der Waals surface area (Å²) in [6, 6.07) is 31.3. The molecule has 0 bridgehead atoms. The molecule has 3 aromatic rings. The molecular formula is C28H30N2O2S. The van der Waals surface area contributed by atoms with Crippen LogP contribution in [0.4, 0.5) is 0 Å². The second-order valence-corrected chi connectivity index (χ2v) is 8.95. The summed E-state index contributed by atoms with van der Waals surface area (Å²) in [4.78, 5) is 17.8. The zero-order chi connectivity index (χ0) is 23.0. The van der Waals surface area contributed by atoms with Gasteiger partial charge in [-0.3, -0.25) is 9.69 Å². The Hall–Kier alpha value is -3.02. The van der Waals surface area contributed by atoms with Crippen molar-refractivity contribution in [1.82, 2.24) is 9.80 Å². The van der Waals surface area contributed by atoms with Crippen LogP contribution in [0.2, 0.25) is 0 Å². The summed E-state index contributed by atoms with van der Waals surface area (Å²) in [5.74, 6) is 0.0127. The van der Waals surface area contributed by atoms with Gasteiger partial charge in [0.2, 0.25) is 0 Å². The fraction of sp³-hybridized carbons (Fsp3) is 0.286. The molecule has 0 aromatic heterocycles. The van der Waals surface area contributed by atoms with Gasteiger partial charge in [-0.1, -0.05) is 91.0 Å². The van der Waals surface area contributed by atoms with Crippen LogP contribution in [0.5, 0.6) is 0 Å². The number of benzene rings is 3. The number of hydrogen-bond donors (Lipinski definition) is 0. The summed E-state index contributed by atoms with van der Waals surface area (Å²) in [5.41, 5.74) is 3.61. The van der Waals surface area contributed by atoms with Crippen molar-refractivity contribution in [2.45, 2.75) is 25.5 Å². The van der Waals surface area contributed by atoms with Crippen molar-refractivity contribution in [1.29, 1.82) is 0 Å². The van der Waals surface area contributed by atoms with E-state index in [2.05, 4.69) is 53.4 Å². The van der Waals surface area contributed by atoms with Crippen LogP contribution in [0, 0.1) is 0 Å². The van der Waals surface area contributed by atoms with Gasteiger partial charge in [0.05, 0.1) is 6.04 Å². The Balaban J connectivity index is 1.47. The lowest BCUT2D eigenvalue weighted by Crippen LogP contribution is -2.53. The highest BCUT2D eigenvalue weighted by molar-refractivity contribution is 7.80. The third-order valence-electron chi connectivity index (χ3n) is 6.07. The van der Waals surface area contributed by atoms with Crippen molar-refractivity contribution in [3.63, 3.8) is 0 Å². The van der Waals surface area contributed by atoms with Crippen molar-refractivity contribution in [3.05, 3.63) is 108 Å². The molecule has 33 heavy (non-hydrogen) atoms. The van der Waals surface area contributed by atoms with E-state index in [1.54, 1.807) is 6.92 Å². The average molecular weight is 459 g/mol. The lowest BCUT2D eigenvalue weighted by molar-refractivity contribution is -0.141. The second kappa shape index (κ2) is 11.2. The van der Waals surface area contributed by atoms with Crippen molar-refractivity contribution >= 4 is 23.2 Å². The molecule has 4 rings (SSSR count). The highest BCUT2D eigenvalue weighted by Crippen LogP contribution is 2.29. The predicted octanol–water partition coefficient (Wildman–Crippen LogP) is 4.90. The number of ether oxygens (including phenoxy) is 1. The van der Waals surface area contributed by atoms with E-state index >= 15 is 0 Å².